The third-order valence-corrected chi connectivity index (χ3v) is 4.89. The van der Waals surface area contributed by atoms with Crippen LogP contribution < -0.4 is 16.7 Å². The van der Waals surface area contributed by atoms with Crippen molar-refractivity contribution >= 4 is 22.8 Å². The van der Waals surface area contributed by atoms with E-state index in [0.29, 0.717) is 22.5 Å². The monoisotopic (exact) mass is 458 g/mol. The standard InChI is InChI=1S/C19H18N2O4.H3N2.Y/c22-16-11-10-15(18(23)20-16)21-19(24)14-7-3-6-13(17(14)25-21)9-8-12-4-1-2-5-12;1-2;/h3,6-7,12,15H,1-2,4-5,10-11H2,(H,20,22,23);1H,2H2;/q;-1;. The zero-order valence-electron chi connectivity index (χ0n) is 15.4. The predicted octanol–water partition coefficient (Wildman–Crippen LogP) is 2.02. The van der Waals surface area contributed by atoms with Crippen LogP contribution in [0.3, 0.4) is 0 Å². The molecule has 1 atom stereocenters. The second-order valence-corrected chi connectivity index (χ2v) is 6.62. The van der Waals surface area contributed by atoms with E-state index in [1.807, 2.05) is 6.07 Å². The van der Waals surface area contributed by atoms with Crippen LogP contribution in [0.25, 0.3) is 16.8 Å². The molecule has 1 saturated heterocycles. The van der Waals surface area contributed by atoms with Gasteiger partial charge in [-0.2, -0.15) is 4.74 Å². The van der Waals surface area contributed by atoms with Crippen molar-refractivity contribution in [3.05, 3.63) is 40.0 Å². The molecule has 1 radical (unpaired) electrons. The zero-order valence-corrected chi connectivity index (χ0v) is 18.2. The third-order valence-electron chi connectivity index (χ3n) is 4.89. The number of hydrogen-bond acceptors (Lipinski definition) is 5. The van der Waals surface area contributed by atoms with Crippen LogP contribution in [0.2, 0.25) is 0 Å². The average Bonchev–Trinajstić information content (AvgIpc) is 3.31. The van der Waals surface area contributed by atoms with Crippen LogP contribution in [0.4, 0.5) is 0 Å². The first-order valence-corrected chi connectivity index (χ1v) is 8.92. The van der Waals surface area contributed by atoms with Gasteiger partial charge in [0.15, 0.2) is 5.58 Å². The molecule has 8 nitrogen and oxygen atoms in total. The molecule has 1 aliphatic heterocycles. The van der Waals surface area contributed by atoms with E-state index in [-0.39, 0.29) is 57.0 Å². The van der Waals surface area contributed by atoms with E-state index in [1.165, 1.54) is 12.8 Å². The van der Waals surface area contributed by atoms with Gasteiger partial charge >= 0.3 is 0 Å². The first kappa shape index (κ1) is 22.5. The number of aromatic nitrogens is 1. The van der Waals surface area contributed by atoms with Crippen LogP contribution >= 0.6 is 0 Å². The summed E-state index contributed by atoms with van der Waals surface area (Å²) in [6.07, 6.45) is 5.10. The van der Waals surface area contributed by atoms with Gasteiger partial charge in [-0.15, -0.1) is 0 Å². The molecule has 145 valence electrons. The van der Waals surface area contributed by atoms with Crippen molar-refractivity contribution in [1.29, 1.82) is 0 Å². The Morgan fingerprint density at radius 3 is 2.54 bits per heavy atom. The van der Waals surface area contributed by atoms with Crippen LogP contribution in [0, 0.1) is 17.8 Å². The first-order valence-electron chi connectivity index (χ1n) is 8.92. The Morgan fingerprint density at radius 2 is 1.86 bits per heavy atom. The largest absolute Gasteiger partial charge is 0.615 e. The number of nitrogens with one attached hydrogen (secondary N) is 2. The predicted molar refractivity (Wildman–Crippen MR) is 99.2 cm³/mol. The number of nitrogens with zero attached hydrogens (tertiary/aromatic N) is 1. The fourth-order valence-corrected chi connectivity index (χ4v) is 3.52. The quantitative estimate of drug-likeness (QED) is 0.292. The smallest absolute Gasteiger partial charge is 0.291 e. The maximum absolute atomic E-state index is 12.6. The average molecular weight is 458 g/mol. The van der Waals surface area contributed by atoms with Gasteiger partial charge in [-0.25, -0.2) is 0 Å². The summed E-state index contributed by atoms with van der Waals surface area (Å²) < 4.78 is 6.80. The molecular formula is C19H21N4O4Y-. The molecule has 1 aromatic carbocycles. The van der Waals surface area contributed by atoms with Crippen molar-refractivity contribution in [3.8, 4) is 11.8 Å². The van der Waals surface area contributed by atoms with E-state index < -0.39 is 11.9 Å². The van der Waals surface area contributed by atoms with E-state index in [2.05, 4.69) is 23.0 Å². The number of fused-ring (bicyclic) bond motifs is 1. The van der Waals surface area contributed by atoms with E-state index in [4.69, 9.17) is 10.4 Å². The summed E-state index contributed by atoms with van der Waals surface area (Å²) in [7, 11) is 0. The fraction of sp³-hybridized carbons (Fsp3) is 0.421. The second-order valence-electron chi connectivity index (χ2n) is 6.62. The van der Waals surface area contributed by atoms with E-state index in [0.717, 1.165) is 17.6 Å². The summed E-state index contributed by atoms with van der Waals surface area (Å²) >= 11 is 0. The number of carbonyl (C=O) groups is 2. The third kappa shape index (κ3) is 4.61. The summed E-state index contributed by atoms with van der Waals surface area (Å²) in [4.78, 5) is 36.0. The van der Waals surface area contributed by atoms with Crippen molar-refractivity contribution in [2.45, 2.75) is 44.6 Å². The summed E-state index contributed by atoms with van der Waals surface area (Å²) in [6.45, 7) is 0. The molecule has 2 aromatic rings. The summed E-state index contributed by atoms with van der Waals surface area (Å²) in [5, 5.41) is 2.66. The van der Waals surface area contributed by atoms with Crippen molar-refractivity contribution in [1.82, 2.24) is 10.1 Å². The van der Waals surface area contributed by atoms with Crippen LogP contribution in [0.5, 0.6) is 0 Å². The summed E-state index contributed by atoms with van der Waals surface area (Å²) in [5.41, 5.74) is 0.698. The number of piperidine rings is 1. The number of imide groups is 1. The molecule has 2 heterocycles. The molecule has 0 bridgehead atoms. The number of carbonyl (C=O) groups excluding carboxylic acids is 2. The molecule has 4 rings (SSSR count). The fourth-order valence-electron chi connectivity index (χ4n) is 3.52. The molecule has 2 amide bonds. The van der Waals surface area contributed by atoms with Crippen LogP contribution in [0.15, 0.2) is 27.5 Å². The number of rotatable bonds is 1. The molecule has 1 aromatic heterocycles. The Kier molecular flexibility index (Phi) is 8.14. The van der Waals surface area contributed by atoms with Gasteiger partial charge in [0.05, 0.1) is 10.9 Å². The zero-order chi connectivity index (χ0) is 19.4. The van der Waals surface area contributed by atoms with Crippen molar-refractivity contribution in [3.63, 3.8) is 0 Å². The van der Waals surface area contributed by atoms with Gasteiger partial charge in [-0.3, -0.25) is 19.7 Å². The topological polar surface area (TPSA) is 131 Å². The Morgan fingerprint density at radius 1 is 1.14 bits per heavy atom. The number of benzene rings is 1. The van der Waals surface area contributed by atoms with Crippen molar-refractivity contribution in [2.24, 2.45) is 11.8 Å². The maximum Gasteiger partial charge on any atom is 0.291 e. The van der Waals surface area contributed by atoms with Crippen molar-refractivity contribution in [2.75, 3.05) is 0 Å². The van der Waals surface area contributed by atoms with Gasteiger partial charge in [-0.1, -0.05) is 30.7 Å². The summed E-state index contributed by atoms with van der Waals surface area (Å²) in [6, 6.07) is 4.47. The molecular weight excluding hydrogens is 437 g/mol. The van der Waals surface area contributed by atoms with Gasteiger partial charge in [0, 0.05) is 45.0 Å². The number of nitrogens with two attached hydrogens (primary N) is 1. The molecule has 1 unspecified atom stereocenters. The minimum Gasteiger partial charge on any atom is -0.615 e. The molecule has 0 spiro atoms. The number of amides is 2. The molecule has 1 saturated carbocycles. The van der Waals surface area contributed by atoms with Crippen molar-refractivity contribution < 1.29 is 46.8 Å². The number of hydrogen-bond donors (Lipinski definition) is 2. The Hall–Kier alpha value is -1.79. The normalized spacial score (nSPS) is 19.1. The van der Waals surface area contributed by atoms with Crippen LogP contribution in [-0.2, 0) is 42.3 Å². The second kappa shape index (κ2) is 10.1. The minimum atomic E-state index is -0.798. The molecule has 9 heteroatoms. The first-order chi connectivity index (χ1) is 13.1. The maximum atomic E-state index is 12.6. The van der Waals surface area contributed by atoms with Gasteiger partial charge in [-0.05, 0) is 31.4 Å². The molecule has 2 aliphatic rings. The molecule has 2 fully saturated rings. The minimum absolute atomic E-state index is 0. The molecule has 4 N–H and O–H groups in total. The van der Waals surface area contributed by atoms with Gasteiger partial charge in [0.2, 0.25) is 5.91 Å². The SMILES string of the molecule is O=C1CCC(n2oc3c(C#CC4CCCC4)cccc3c2=O)C(=O)N1.[NH-]N.[Y]. The van der Waals surface area contributed by atoms with Crippen LogP contribution in [-0.4, -0.2) is 16.6 Å². The Bertz CT molecular complexity index is 979. The van der Waals surface area contributed by atoms with E-state index >= 15 is 0 Å². The van der Waals surface area contributed by atoms with E-state index in [1.54, 1.807) is 12.1 Å². The summed E-state index contributed by atoms with van der Waals surface area (Å²) in [5.74, 6) is 15.0. The van der Waals surface area contributed by atoms with E-state index in [9.17, 15) is 14.4 Å². The number of para-hydroxylation sites is 1. The Labute approximate surface area is 187 Å². The molecule has 28 heavy (non-hydrogen) atoms. The molecule has 1 aliphatic carbocycles. The van der Waals surface area contributed by atoms with Gasteiger partial charge < -0.3 is 16.2 Å². The van der Waals surface area contributed by atoms with Gasteiger partial charge in [0.25, 0.3) is 11.5 Å². The van der Waals surface area contributed by atoms with Crippen LogP contribution in [0.1, 0.15) is 50.1 Å². The van der Waals surface area contributed by atoms with Gasteiger partial charge in [0.1, 0.15) is 6.04 Å². The Balaban J connectivity index is 0.000000906.